The largest absolute Gasteiger partial charge is 0.324 e. The predicted molar refractivity (Wildman–Crippen MR) is 113 cm³/mol. The van der Waals surface area contributed by atoms with Gasteiger partial charge in [-0.05, 0) is 63.1 Å². The minimum absolute atomic E-state index is 0.334. The number of nitrogens with one attached hydrogen (secondary N) is 1. The zero-order valence-electron chi connectivity index (χ0n) is 16.3. The number of benzene rings is 2. The molecule has 0 saturated heterocycles. The lowest BCUT2D eigenvalue weighted by atomic mass is 10.0. The fourth-order valence-corrected chi connectivity index (χ4v) is 3.12. The Morgan fingerprint density at radius 3 is 2.61 bits per heavy atom. The van der Waals surface area contributed by atoms with Gasteiger partial charge in [-0.15, -0.1) is 0 Å². The maximum absolute atomic E-state index is 12.7. The van der Waals surface area contributed by atoms with Gasteiger partial charge in [0.2, 0.25) is 5.91 Å². The number of anilines is 1. The molecule has 5 nitrogen and oxygen atoms in total. The summed E-state index contributed by atoms with van der Waals surface area (Å²) in [4.78, 5) is 25.1. The number of aromatic nitrogens is 2. The number of rotatable bonds is 4. The van der Waals surface area contributed by atoms with Gasteiger partial charge in [0, 0.05) is 22.3 Å². The van der Waals surface area contributed by atoms with E-state index in [-0.39, 0.29) is 11.5 Å². The van der Waals surface area contributed by atoms with Gasteiger partial charge in [0.1, 0.15) is 6.04 Å². The Balaban J connectivity index is 1.94. The van der Waals surface area contributed by atoms with Gasteiger partial charge in [0.25, 0.3) is 5.56 Å². The van der Waals surface area contributed by atoms with Crippen molar-refractivity contribution in [3.8, 4) is 11.3 Å². The molecule has 1 aromatic heterocycles. The highest BCUT2D eigenvalue weighted by Crippen LogP contribution is 2.24. The van der Waals surface area contributed by atoms with E-state index in [4.69, 9.17) is 11.6 Å². The number of carbonyl (C=O) groups is 1. The van der Waals surface area contributed by atoms with Crippen LogP contribution in [0.4, 0.5) is 5.69 Å². The Morgan fingerprint density at radius 2 is 1.86 bits per heavy atom. The van der Waals surface area contributed by atoms with E-state index in [1.165, 1.54) is 10.7 Å². The molecule has 0 radical (unpaired) electrons. The molecular formula is C22H22ClN3O2. The molecule has 1 N–H and O–H groups in total. The zero-order valence-corrected chi connectivity index (χ0v) is 17.0. The third-order valence-corrected chi connectivity index (χ3v) is 5.18. The van der Waals surface area contributed by atoms with Crippen molar-refractivity contribution in [3.63, 3.8) is 0 Å². The number of halogens is 1. The number of hydrogen-bond donors (Lipinski definition) is 1. The van der Waals surface area contributed by atoms with Crippen molar-refractivity contribution in [2.24, 2.45) is 0 Å². The Labute approximate surface area is 169 Å². The summed E-state index contributed by atoms with van der Waals surface area (Å²) in [6, 6.07) is 13.7. The van der Waals surface area contributed by atoms with Crippen LogP contribution in [0.15, 0.2) is 53.3 Å². The molecular weight excluding hydrogens is 374 g/mol. The molecule has 1 heterocycles. The summed E-state index contributed by atoms with van der Waals surface area (Å²) in [7, 11) is 0. The molecule has 0 spiro atoms. The summed E-state index contributed by atoms with van der Waals surface area (Å²) in [5, 5.41) is 7.86. The maximum atomic E-state index is 12.7. The van der Waals surface area contributed by atoms with E-state index in [1.54, 1.807) is 31.2 Å². The van der Waals surface area contributed by atoms with Gasteiger partial charge in [-0.1, -0.05) is 35.4 Å². The van der Waals surface area contributed by atoms with Gasteiger partial charge in [-0.3, -0.25) is 9.59 Å². The summed E-state index contributed by atoms with van der Waals surface area (Å²) in [5.41, 5.74) is 4.79. The quantitative estimate of drug-likeness (QED) is 0.697. The Hall–Kier alpha value is -2.92. The van der Waals surface area contributed by atoms with Crippen LogP contribution in [0.5, 0.6) is 0 Å². The first kappa shape index (κ1) is 19.8. The lowest BCUT2D eigenvalue weighted by Crippen LogP contribution is -2.33. The minimum Gasteiger partial charge on any atom is -0.324 e. The van der Waals surface area contributed by atoms with E-state index in [0.29, 0.717) is 16.4 Å². The topological polar surface area (TPSA) is 64.0 Å². The summed E-state index contributed by atoms with van der Waals surface area (Å²) in [6.07, 6.45) is 0. The minimum atomic E-state index is -0.782. The van der Waals surface area contributed by atoms with E-state index < -0.39 is 6.04 Å². The van der Waals surface area contributed by atoms with Gasteiger partial charge in [-0.2, -0.15) is 5.10 Å². The fraction of sp³-hybridized carbons (Fsp3) is 0.227. The van der Waals surface area contributed by atoms with Crippen LogP contribution < -0.4 is 10.9 Å². The normalized spacial score (nSPS) is 11.9. The van der Waals surface area contributed by atoms with Gasteiger partial charge in [-0.25, -0.2) is 4.68 Å². The number of nitrogens with zero attached hydrogens (tertiary/aromatic N) is 2. The Bertz CT molecular complexity index is 1110. The van der Waals surface area contributed by atoms with Crippen molar-refractivity contribution in [2.45, 2.75) is 33.7 Å². The Kier molecular flexibility index (Phi) is 5.66. The molecule has 1 amide bonds. The number of amides is 1. The number of aryl methyl sites for hydroxylation is 2. The number of hydrogen-bond acceptors (Lipinski definition) is 3. The van der Waals surface area contributed by atoms with Crippen LogP contribution in [-0.4, -0.2) is 15.7 Å². The highest BCUT2D eigenvalue weighted by atomic mass is 35.5. The summed E-state index contributed by atoms with van der Waals surface area (Å²) in [6.45, 7) is 7.47. The fourth-order valence-electron chi connectivity index (χ4n) is 2.95. The van der Waals surface area contributed by atoms with Gasteiger partial charge >= 0.3 is 0 Å². The van der Waals surface area contributed by atoms with Crippen LogP contribution >= 0.6 is 11.6 Å². The van der Waals surface area contributed by atoms with Crippen LogP contribution in [-0.2, 0) is 4.79 Å². The van der Waals surface area contributed by atoms with Crippen LogP contribution in [0.25, 0.3) is 11.3 Å². The highest BCUT2D eigenvalue weighted by molar-refractivity contribution is 6.31. The van der Waals surface area contributed by atoms with E-state index in [1.807, 2.05) is 39.0 Å². The van der Waals surface area contributed by atoms with Crippen LogP contribution in [0.2, 0.25) is 5.02 Å². The molecule has 0 aliphatic heterocycles. The predicted octanol–water partition coefficient (Wildman–Crippen LogP) is 4.69. The first-order valence-electron chi connectivity index (χ1n) is 9.01. The van der Waals surface area contributed by atoms with E-state index in [2.05, 4.69) is 10.4 Å². The van der Waals surface area contributed by atoms with Crippen molar-refractivity contribution < 1.29 is 4.79 Å². The molecule has 0 bridgehead atoms. The van der Waals surface area contributed by atoms with Crippen molar-refractivity contribution >= 4 is 23.2 Å². The molecule has 6 heteroatoms. The average molecular weight is 396 g/mol. The first-order valence-corrected chi connectivity index (χ1v) is 9.39. The first-order chi connectivity index (χ1) is 13.3. The van der Waals surface area contributed by atoms with Crippen molar-refractivity contribution in [3.05, 3.63) is 80.6 Å². The summed E-state index contributed by atoms with van der Waals surface area (Å²) >= 11 is 6.12. The van der Waals surface area contributed by atoms with Gasteiger partial charge in [0.05, 0.1) is 5.69 Å². The van der Waals surface area contributed by atoms with Gasteiger partial charge < -0.3 is 5.32 Å². The summed E-state index contributed by atoms with van der Waals surface area (Å²) < 4.78 is 1.21. The standard InChI is InChI=1S/C22H22ClN3O2/c1-13-8-9-14(2)17(12-13)20-10-11-21(27)26(25-20)16(4)22(28)24-19-7-5-6-18(23)15(19)3/h5-12,16H,1-4H3,(H,24,28)/t16-/m0/s1. The summed E-state index contributed by atoms with van der Waals surface area (Å²) in [5.74, 6) is -0.335. The molecule has 3 rings (SSSR count). The van der Waals surface area contributed by atoms with E-state index in [9.17, 15) is 9.59 Å². The lowest BCUT2D eigenvalue weighted by molar-refractivity contribution is -0.119. The molecule has 28 heavy (non-hydrogen) atoms. The molecule has 0 saturated carbocycles. The molecule has 0 fully saturated rings. The second-order valence-corrected chi connectivity index (χ2v) is 7.30. The average Bonchev–Trinajstić information content (AvgIpc) is 2.67. The third-order valence-electron chi connectivity index (χ3n) is 4.77. The van der Waals surface area contributed by atoms with E-state index >= 15 is 0 Å². The SMILES string of the molecule is Cc1ccc(C)c(-c2ccc(=O)n([C@@H](C)C(=O)Nc3cccc(Cl)c3C)n2)c1. The smallest absolute Gasteiger partial charge is 0.267 e. The third kappa shape index (κ3) is 3.99. The monoisotopic (exact) mass is 395 g/mol. The maximum Gasteiger partial charge on any atom is 0.267 e. The zero-order chi connectivity index (χ0) is 20.4. The molecule has 144 valence electrons. The van der Waals surface area contributed by atoms with Crippen LogP contribution in [0, 0.1) is 20.8 Å². The van der Waals surface area contributed by atoms with Crippen molar-refractivity contribution in [2.75, 3.05) is 5.32 Å². The second kappa shape index (κ2) is 7.98. The number of carbonyl (C=O) groups excluding carboxylic acids is 1. The molecule has 2 aromatic carbocycles. The van der Waals surface area contributed by atoms with E-state index in [0.717, 1.165) is 22.3 Å². The Morgan fingerprint density at radius 1 is 1.11 bits per heavy atom. The lowest BCUT2D eigenvalue weighted by Gasteiger charge is -2.17. The second-order valence-electron chi connectivity index (χ2n) is 6.90. The molecule has 0 aliphatic rings. The molecule has 1 atom stereocenters. The van der Waals surface area contributed by atoms with Crippen LogP contribution in [0.3, 0.4) is 0 Å². The molecule has 0 aliphatic carbocycles. The van der Waals surface area contributed by atoms with Crippen molar-refractivity contribution in [1.82, 2.24) is 9.78 Å². The van der Waals surface area contributed by atoms with Crippen molar-refractivity contribution in [1.29, 1.82) is 0 Å². The highest BCUT2D eigenvalue weighted by Gasteiger charge is 2.19. The molecule has 3 aromatic rings. The molecule has 0 unspecified atom stereocenters. The van der Waals surface area contributed by atoms with Crippen LogP contribution in [0.1, 0.15) is 29.7 Å². The van der Waals surface area contributed by atoms with Gasteiger partial charge in [0.15, 0.2) is 0 Å².